The van der Waals surface area contributed by atoms with Crippen molar-refractivity contribution in [2.75, 3.05) is 33.5 Å². The van der Waals surface area contributed by atoms with Crippen molar-refractivity contribution in [2.24, 2.45) is 5.41 Å². The molecule has 0 aromatic rings. The lowest BCUT2D eigenvalue weighted by Crippen LogP contribution is -2.37. The highest BCUT2D eigenvalue weighted by Gasteiger charge is 2.43. The molecule has 0 N–H and O–H groups in total. The van der Waals surface area contributed by atoms with Crippen molar-refractivity contribution in [3.63, 3.8) is 0 Å². The number of carbonyl (C=O) groups excluding carboxylic acids is 1. The Labute approximate surface area is 96.6 Å². The lowest BCUT2D eigenvalue weighted by atomic mass is 9.86. The molecule has 0 aliphatic heterocycles. The van der Waals surface area contributed by atoms with Crippen LogP contribution in [0.25, 0.3) is 0 Å². The first-order valence-corrected chi connectivity index (χ1v) is 5.63. The summed E-state index contributed by atoms with van der Waals surface area (Å²) in [4.78, 5) is 12.0. The van der Waals surface area contributed by atoms with Crippen molar-refractivity contribution in [1.82, 2.24) is 0 Å². The molecule has 0 bridgehead atoms. The Morgan fingerprint density at radius 2 is 1.81 bits per heavy atom. The van der Waals surface area contributed by atoms with Crippen LogP contribution in [0.15, 0.2) is 11.8 Å². The summed E-state index contributed by atoms with van der Waals surface area (Å²) in [7, 11) is 1.58. The highest BCUT2D eigenvalue weighted by Crippen LogP contribution is 2.35. The molecule has 0 amide bonds. The molecule has 1 aliphatic rings. The molecule has 0 aromatic carbocycles. The highest BCUT2D eigenvalue weighted by atomic mass is 16.5. The van der Waals surface area contributed by atoms with Crippen LogP contribution in [0.3, 0.4) is 0 Å². The van der Waals surface area contributed by atoms with Crippen LogP contribution in [0.5, 0.6) is 0 Å². The summed E-state index contributed by atoms with van der Waals surface area (Å²) >= 11 is 0. The van der Waals surface area contributed by atoms with Crippen molar-refractivity contribution in [3.8, 4) is 0 Å². The van der Waals surface area contributed by atoms with Crippen LogP contribution in [-0.2, 0) is 19.0 Å². The van der Waals surface area contributed by atoms with Gasteiger partial charge in [-0.05, 0) is 13.8 Å². The molecule has 1 rings (SSSR count). The Morgan fingerprint density at radius 3 is 2.19 bits per heavy atom. The molecule has 0 aromatic heterocycles. The highest BCUT2D eigenvalue weighted by molar-refractivity contribution is 5.98. The van der Waals surface area contributed by atoms with E-state index in [1.807, 2.05) is 13.8 Å². The minimum absolute atomic E-state index is 0.0475. The van der Waals surface area contributed by atoms with Crippen LogP contribution < -0.4 is 0 Å². The molecule has 16 heavy (non-hydrogen) atoms. The summed E-state index contributed by atoms with van der Waals surface area (Å²) in [6.07, 6.45) is 2.13. The van der Waals surface area contributed by atoms with Crippen molar-refractivity contribution in [3.05, 3.63) is 11.8 Å². The van der Waals surface area contributed by atoms with Gasteiger partial charge in [0.25, 0.3) is 0 Å². The van der Waals surface area contributed by atoms with E-state index < -0.39 is 5.41 Å². The quantitative estimate of drug-likeness (QED) is 0.663. The molecule has 4 nitrogen and oxygen atoms in total. The number of ketones is 1. The van der Waals surface area contributed by atoms with Crippen molar-refractivity contribution in [2.45, 2.75) is 20.3 Å². The van der Waals surface area contributed by atoms with E-state index in [1.54, 1.807) is 13.2 Å². The first kappa shape index (κ1) is 13.2. The number of ether oxygens (including phenoxy) is 3. The first-order valence-electron chi connectivity index (χ1n) is 5.63. The minimum Gasteiger partial charge on any atom is -0.501 e. The van der Waals surface area contributed by atoms with Crippen LogP contribution in [0, 0.1) is 5.41 Å². The van der Waals surface area contributed by atoms with Gasteiger partial charge >= 0.3 is 0 Å². The van der Waals surface area contributed by atoms with Gasteiger partial charge < -0.3 is 14.2 Å². The average Bonchev–Trinajstić information content (AvgIpc) is 2.61. The summed E-state index contributed by atoms with van der Waals surface area (Å²) < 4.78 is 15.9. The number of rotatable bonds is 7. The van der Waals surface area contributed by atoms with Gasteiger partial charge in [0.15, 0.2) is 5.78 Å². The smallest absolute Gasteiger partial charge is 0.170 e. The molecule has 0 radical (unpaired) electrons. The van der Waals surface area contributed by atoms with Crippen molar-refractivity contribution < 1.29 is 19.0 Å². The van der Waals surface area contributed by atoms with E-state index in [0.29, 0.717) is 38.6 Å². The molecule has 0 fully saturated rings. The fraction of sp³-hybridized carbons (Fsp3) is 0.750. The zero-order chi connectivity index (χ0) is 12.0. The SMILES string of the molecule is CCOCC1(COCC)CC(OC)=CC1=O. The summed E-state index contributed by atoms with van der Waals surface area (Å²) in [6.45, 7) is 5.82. The maximum absolute atomic E-state index is 12.0. The largest absolute Gasteiger partial charge is 0.501 e. The first-order chi connectivity index (χ1) is 7.68. The Balaban J connectivity index is 2.69. The van der Waals surface area contributed by atoms with Crippen LogP contribution in [0.4, 0.5) is 0 Å². The maximum atomic E-state index is 12.0. The van der Waals surface area contributed by atoms with Gasteiger partial charge in [-0.15, -0.1) is 0 Å². The summed E-state index contributed by atoms with van der Waals surface area (Å²) in [5.41, 5.74) is -0.572. The lowest BCUT2D eigenvalue weighted by molar-refractivity contribution is -0.130. The topological polar surface area (TPSA) is 44.8 Å². The summed E-state index contributed by atoms with van der Waals surface area (Å²) in [6, 6.07) is 0. The number of hydrogen-bond donors (Lipinski definition) is 0. The second-order valence-corrected chi connectivity index (χ2v) is 3.91. The molecule has 4 heteroatoms. The van der Waals surface area contributed by atoms with Crippen molar-refractivity contribution >= 4 is 5.78 Å². The third kappa shape index (κ3) is 2.83. The van der Waals surface area contributed by atoms with Crippen LogP contribution in [0.2, 0.25) is 0 Å². The van der Waals surface area contributed by atoms with Crippen molar-refractivity contribution in [1.29, 1.82) is 0 Å². The molecule has 0 atom stereocenters. The van der Waals surface area contributed by atoms with Gasteiger partial charge in [0.05, 0.1) is 25.7 Å². The zero-order valence-corrected chi connectivity index (χ0v) is 10.2. The zero-order valence-electron chi connectivity index (χ0n) is 10.2. The third-order valence-electron chi connectivity index (χ3n) is 2.75. The number of carbonyl (C=O) groups is 1. The molecule has 92 valence electrons. The van der Waals surface area contributed by atoms with E-state index in [-0.39, 0.29) is 5.78 Å². The Kier molecular flexibility index (Phi) is 4.96. The van der Waals surface area contributed by atoms with Crippen LogP contribution >= 0.6 is 0 Å². The van der Waals surface area contributed by atoms with E-state index in [9.17, 15) is 4.79 Å². The molecule has 0 heterocycles. The monoisotopic (exact) mass is 228 g/mol. The lowest BCUT2D eigenvalue weighted by Gasteiger charge is -2.26. The van der Waals surface area contributed by atoms with E-state index in [2.05, 4.69) is 0 Å². The van der Waals surface area contributed by atoms with Gasteiger partial charge in [0.2, 0.25) is 0 Å². The van der Waals surface area contributed by atoms with Gasteiger partial charge in [0, 0.05) is 25.7 Å². The van der Waals surface area contributed by atoms with E-state index >= 15 is 0 Å². The van der Waals surface area contributed by atoms with Gasteiger partial charge in [-0.1, -0.05) is 0 Å². The number of hydrogen-bond acceptors (Lipinski definition) is 4. The molecule has 0 saturated carbocycles. The second kappa shape index (κ2) is 6.01. The predicted molar refractivity (Wildman–Crippen MR) is 60.1 cm³/mol. The van der Waals surface area contributed by atoms with E-state index in [1.165, 1.54) is 0 Å². The fourth-order valence-corrected chi connectivity index (χ4v) is 1.78. The molecule has 1 aliphatic carbocycles. The van der Waals surface area contributed by atoms with E-state index in [0.717, 1.165) is 0 Å². The standard InChI is InChI=1S/C12H20O4/c1-4-15-8-12(9-16-5-2)7-10(14-3)6-11(12)13/h6H,4-5,7-9H2,1-3H3. The molecule has 0 unspecified atom stereocenters. The maximum Gasteiger partial charge on any atom is 0.170 e. The number of methoxy groups -OCH3 is 1. The van der Waals surface area contributed by atoms with Gasteiger partial charge in [-0.3, -0.25) is 4.79 Å². The fourth-order valence-electron chi connectivity index (χ4n) is 1.78. The van der Waals surface area contributed by atoms with Crippen LogP contribution in [0.1, 0.15) is 20.3 Å². The molecular formula is C12H20O4. The molecule has 0 saturated heterocycles. The van der Waals surface area contributed by atoms with Gasteiger partial charge in [-0.25, -0.2) is 0 Å². The Hall–Kier alpha value is -0.870. The van der Waals surface area contributed by atoms with E-state index in [4.69, 9.17) is 14.2 Å². The van der Waals surface area contributed by atoms with Crippen LogP contribution in [-0.4, -0.2) is 39.3 Å². The predicted octanol–water partition coefficient (Wildman–Crippen LogP) is 1.55. The normalized spacial score (nSPS) is 18.7. The molecular weight excluding hydrogens is 208 g/mol. The number of allylic oxidation sites excluding steroid dienone is 2. The Bertz CT molecular complexity index is 262. The third-order valence-corrected chi connectivity index (χ3v) is 2.75. The van der Waals surface area contributed by atoms with Gasteiger partial charge in [0.1, 0.15) is 5.76 Å². The second-order valence-electron chi connectivity index (χ2n) is 3.91. The van der Waals surface area contributed by atoms with Gasteiger partial charge in [-0.2, -0.15) is 0 Å². The molecule has 0 spiro atoms. The Morgan fingerprint density at radius 1 is 1.25 bits per heavy atom. The minimum atomic E-state index is -0.572. The average molecular weight is 228 g/mol. The summed E-state index contributed by atoms with van der Waals surface area (Å²) in [5, 5.41) is 0. The summed E-state index contributed by atoms with van der Waals surface area (Å²) in [5.74, 6) is 0.760.